The van der Waals surface area contributed by atoms with E-state index in [0.29, 0.717) is 11.3 Å². The van der Waals surface area contributed by atoms with Gasteiger partial charge in [0.1, 0.15) is 22.8 Å². The summed E-state index contributed by atoms with van der Waals surface area (Å²) in [4.78, 5) is 54.4. The van der Waals surface area contributed by atoms with Crippen molar-refractivity contribution in [2.45, 2.75) is 31.4 Å². The summed E-state index contributed by atoms with van der Waals surface area (Å²) in [7, 11) is 6.59. The van der Waals surface area contributed by atoms with E-state index in [1.807, 2.05) is 0 Å². The lowest BCUT2D eigenvalue weighted by Crippen LogP contribution is -2.65. The number of ether oxygens (including phenoxy) is 1. The van der Waals surface area contributed by atoms with Crippen molar-refractivity contribution < 1.29 is 44.3 Å². The van der Waals surface area contributed by atoms with Crippen LogP contribution in [0.2, 0.25) is 0 Å². The van der Waals surface area contributed by atoms with Gasteiger partial charge in [-0.2, -0.15) is 0 Å². The second-order valence-corrected chi connectivity index (χ2v) is 10.6. The van der Waals surface area contributed by atoms with Crippen molar-refractivity contribution >= 4 is 41.0 Å². The first-order valence-electron chi connectivity index (χ1n) is 12.7. The number of aliphatic hydroxyl groups is 3. The molecule has 4 unspecified atom stereocenters. The summed E-state index contributed by atoms with van der Waals surface area (Å²) in [5.74, 6) is -7.85. The summed E-state index contributed by atoms with van der Waals surface area (Å²) >= 11 is 0. The summed E-state index contributed by atoms with van der Waals surface area (Å²) in [5, 5.41) is 45.3. The number of fused-ring (bicyclic) bond motifs is 3. The summed E-state index contributed by atoms with van der Waals surface area (Å²) in [6.07, 6.45) is 2.58. The lowest BCUT2D eigenvalue weighted by atomic mass is 9.57. The molecule has 0 aromatic heterocycles. The Bertz CT molecular complexity index is 1420. The number of amides is 1. The number of ketones is 2. The van der Waals surface area contributed by atoms with Gasteiger partial charge in [-0.05, 0) is 57.5 Å². The first-order valence-corrected chi connectivity index (χ1v) is 12.7. The average Bonchev–Trinajstić information content (AvgIpc) is 2.85. The molecule has 214 valence electrons. The maximum absolute atomic E-state index is 14.0. The summed E-state index contributed by atoms with van der Waals surface area (Å²) in [6.45, 7) is 1.80. The van der Waals surface area contributed by atoms with Gasteiger partial charge < -0.3 is 35.8 Å². The van der Waals surface area contributed by atoms with Crippen LogP contribution in [0.3, 0.4) is 0 Å². The molecule has 6 N–H and O–H groups in total. The van der Waals surface area contributed by atoms with E-state index in [4.69, 9.17) is 10.5 Å². The summed E-state index contributed by atoms with van der Waals surface area (Å²) in [6, 6.07) is 0.471. The number of primary amides is 1. The molecule has 1 amide bonds. The highest BCUT2D eigenvalue weighted by Crippen LogP contribution is 2.54. The predicted molar refractivity (Wildman–Crippen MR) is 144 cm³/mol. The second-order valence-electron chi connectivity index (χ2n) is 10.6. The highest BCUT2D eigenvalue weighted by molar-refractivity contribution is 6.24. The maximum Gasteiger partial charge on any atom is 0.330 e. The molecule has 4 rings (SSSR count). The molecule has 12 nitrogen and oxygen atoms in total. The number of carbonyl (C=O) groups is 4. The number of benzene rings is 1. The van der Waals surface area contributed by atoms with Crippen molar-refractivity contribution in [1.29, 1.82) is 0 Å². The van der Waals surface area contributed by atoms with Crippen LogP contribution in [0.1, 0.15) is 30.0 Å². The Morgan fingerprint density at radius 3 is 2.38 bits per heavy atom. The van der Waals surface area contributed by atoms with E-state index < -0.39 is 69.8 Å². The van der Waals surface area contributed by atoms with Crippen molar-refractivity contribution in [1.82, 2.24) is 4.90 Å². The van der Waals surface area contributed by atoms with E-state index in [9.17, 15) is 39.6 Å². The Hall–Kier alpha value is -4.16. The Morgan fingerprint density at radius 2 is 1.82 bits per heavy atom. The van der Waals surface area contributed by atoms with Gasteiger partial charge in [-0.25, -0.2) is 4.79 Å². The van der Waals surface area contributed by atoms with Crippen LogP contribution in [0.5, 0.6) is 5.75 Å². The molecule has 1 fully saturated rings. The lowest BCUT2D eigenvalue weighted by molar-refractivity contribution is -0.153. The van der Waals surface area contributed by atoms with E-state index in [1.165, 1.54) is 11.0 Å². The van der Waals surface area contributed by atoms with Crippen molar-refractivity contribution in [2.24, 2.45) is 17.6 Å². The SMILES string of the molecule is CCOC(=O)/C=C/c1cc(N(C)C)c2c(c1O)C(O)=C1C(=O)C3(O)C(O)=C(C(N)=O)C(=O)C(N(C)C)C3CC1C2. The number of esters is 1. The number of nitrogens with zero attached hydrogens (tertiary/aromatic N) is 2. The third kappa shape index (κ3) is 4.14. The van der Waals surface area contributed by atoms with Gasteiger partial charge in [0.05, 0.1) is 18.2 Å². The number of aliphatic hydroxyl groups excluding tert-OH is 2. The van der Waals surface area contributed by atoms with Crippen LogP contribution in [0, 0.1) is 11.8 Å². The largest absolute Gasteiger partial charge is 0.508 e. The Morgan fingerprint density at radius 1 is 1.18 bits per heavy atom. The van der Waals surface area contributed by atoms with Gasteiger partial charge in [-0.1, -0.05) is 0 Å². The molecule has 40 heavy (non-hydrogen) atoms. The smallest absolute Gasteiger partial charge is 0.330 e. The maximum atomic E-state index is 14.0. The minimum absolute atomic E-state index is 0.0100. The van der Waals surface area contributed by atoms with Crippen LogP contribution in [-0.4, -0.2) is 95.2 Å². The molecule has 0 saturated heterocycles. The molecule has 0 spiro atoms. The molecule has 1 saturated carbocycles. The molecule has 0 radical (unpaired) electrons. The van der Waals surface area contributed by atoms with Crippen molar-refractivity contribution in [3.05, 3.63) is 45.7 Å². The van der Waals surface area contributed by atoms with E-state index in [1.54, 1.807) is 46.1 Å². The van der Waals surface area contributed by atoms with Gasteiger partial charge in [-0.3, -0.25) is 19.3 Å². The van der Waals surface area contributed by atoms with Gasteiger partial charge in [-0.15, -0.1) is 0 Å². The third-order valence-corrected chi connectivity index (χ3v) is 7.89. The second kappa shape index (κ2) is 10.1. The number of nitrogens with two attached hydrogens (primary N) is 1. The normalized spacial score (nSPS) is 26.1. The molecule has 1 aromatic rings. The third-order valence-electron chi connectivity index (χ3n) is 7.89. The van der Waals surface area contributed by atoms with E-state index in [0.717, 1.165) is 6.08 Å². The topological polar surface area (TPSA) is 191 Å². The first-order chi connectivity index (χ1) is 18.7. The van der Waals surface area contributed by atoms with Crippen LogP contribution in [-0.2, 0) is 30.3 Å². The Kier molecular flexibility index (Phi) is 7.28. The minimum Gasteiger partial charge on any atom is -0.508 e. The van der Waals surface area contributed by atoms with Crippen LogP contribution in [0.25, 0.3) is 11.8 Å². The van der Waals surface area contributed by atoms with Gasteiger partial charge in [0.25, 0.3) is 5.91 Å². The van der Waals surface area contributed by atoms with Gasteiger partial charge in [0, 0.05) is 42.9 Å². The molecule has 1 aromatic carbocycles. The van der Waals surface area contributed by atoms with Crippen LogP contribution >= 0.6 is 0 Å². The van der Waals surface area contributed by atoms with Crippen molar-refractivity contribution in [3.63, 3.8) is 0 Å². The zero-order valence-corrected chi connectivity index (χ0v) is 22.9. The molecule has 0 aliphatic heterocycles. The number of hydrogen-bond acceptors (Lipinski definition) is 11. The fourth-order valence-electron chi connectivity index (χ4n) is 6.19. The fourth-order valence-corrected chi connectivity index (χ4v) is 6.19. The molecule has 0 heterocycles. The monoisotopic (exact) mass is 555 g/mol. The number of anilines is 1. The zero-order valence-electron chi connectivity index (χ0n) is 22.9. The Balaban J connectivity index is 1.96. The van der Waals surface area contributed by atoms with Crippen molar-refractivity contribution in [2.75, 3.05) is 39.7 Å². The number of aromatic hydroxyl groups is 1. The van der Waals surface area contributed by atoms with E-state index in [2.05, 4.69) is 0 Å². The number of phenolic OH excluding ortho intramolecular Hbond substituents is 1. The lowest BCUT2D eigenvalue weighted by Gasteiger charge is -2.50. The standard InChI is InChI=1S/C28H33N3O9/c1-6-40-17(32)8-7-12-11-16(30(2)3)14-9-13-10-15-21(31(4)5)24(35)20(27(29)38)26(37)28(15,39)25(36)18(13)23(34)19(14)22(12)33/h7-8,11,13,15,21,33-34,37,39H,6,9-10H2,1-5H3,(H2,29,38)/b8-7+. The van der Waals surface area contributed by atoms with E-state index in [-0.39, 0.29) is 36.1 Å². The fraction of sp³-hybridized carbons (Fsp3) is 0.429. The number of phenols is 1. The number of Topliss-reactive ketones (excluding diaryl/α,β-unsaturated/α-hetero) is 2. The van der Waals surface area contributed by atoms with Crippen molar-refractivity contribution in [3.8, 4) is 5.75 Å². The summed E-state index contributed by atoms with van der Waals surface area (Å²) < 4.78 is 4.89. The van der Waals surface area contributed by atoms with Crippen LogP contribution in [0.15, 0.2) is 29.0 Å². The molecule has 4 atom stereocenters. The molecule has 3 aliphatic carbocycles. The van der Waals surface area contributed by atoms with Gasteiger partial charge in [0.15, 0.2) is 11.4 Å². The zero-order chi connectivity index (χ0) is 29.8. The van der Waals surface area contributed by atoms with E-state index >= 15 is 0 Å². The van der Waals surface area contributed by atoms with Crippen LogP contribution < -0.4 is 10.6 Å². The molecular weight excluding hydrogens is 522 g/mol. The first kappa shape index (κ1) is 28.8. The molecule has 3 aliphatic rings. The number of rotatable bonds is 6. The molecular formula is C28H33N3O9. The average molecular weight is 556 g/mol. The number of hydrogen-bond donors (Lipinski definition) is 5. The molecule has 0 bridgehead atoms. The predicted octanol–water partition coefficient (Wildman–Crippen LogP) is 0.606. The number of likely N-dealkylation sites (N-methyl/N-ethyl adjacent to an activating group) is 1. The van der Waals surface area contributed by atoms with Gasteiger partial charge in [0.2, 0.25) is 5.78 Å². The number of carbonyl (C=O) groups excluding carboxylic acids is 4. The quantitative estimate of drug-likeness (QED) is 0.188. The van der Waals surface area contributed by atoms with Crippen LogP contribution in [0.4, 0.5) is 5.69 Å². The minimum atomic E-state index is -2.72. The highest BCUT2D eigenvalue weighted by atomic mass is 16.5. The Labute approximate surface area is 230 Å². The molecule has 12 heteroatoms. The highest BCUT2D eigenvalue weighted by Gasteiger charge is 2.64. The van der Waals surface area contributed by atoms with Gasteiger partial charge >= 0.3 is 5.97 Å². The summed E-state index contributed by atoms with van der Waals surface area (Å²) in [5.41, 5.74) is 2.72.